The third-order valence-electron chi connectivity index (χ3n) is 3.03. The zero-order valence-corrected chi connectivity index (χ0v) is 11.7. The molecular weight excluding hydrogens is 317 g/mol. The van der Waals surface area contributed by atoms with E-state index in [1.165, 1.54) is 19.1 Å². The maximum absolute atomic E-state index is 12.6. The van der Waals surface area contributed by atoms with E-state index in [9.17, 15) is 28.1 Å². The molecule has 2 aromatic rings. The molecule has 2 rings (SSSR count). The Morgan fingerprint density at radius 1 is 1.43 bits per heavy atom. The highest BCUT2D eigenvalue weighted by molar-refractivity contribution is 5.93. The maximum atomic E-state index is 12.6. The average molecular weight is 328 g/mol. The van der Waals surface area contributed by atoms with Crippen LogP contribution >= 0.6 is 0 Å². The molecule has 1 aromatic carbocycles. The molecule has 1 atom stereocenters. The van der Waals surface area contributed by atoms with E-state index < -0.39 is 28.6 Å². The number of nitro groups is 1. The van der Waals surface area contributed by atoms with E-state index in [1.54, 1.807) is 0 Å². The predicted octanol–water partition coefficient (Wildman–Crippen LogP) is 3.01. The number of hydrogen-bond acceptors (Lipinski definition) is 4. The fourth-order valence-corrected chi connectivity index (χ4v) is 1.77. The van der Waals surface area contributed by atoms with Crippen molar-refractivity contribution in [3.63, 3.8) is 0 Å². The van der Waals surface area contributed by atoms with Gasteiger partial charge in [0.1, 0.15) is 18.4 Å². The van der Waals surface area contributed by atoms with Crippen molar-refractivity contribution in [2.75, 3.05) is 5.32 Å². The number of hydrogen-bond donors (Lipinski definition) is 1. The van der Waals surface area contributed by atoms with Gasteiger partial charge in [0.15, 0.2) is 0 Å². The number of anilines is 1. The molecule has 1 aromatic heterocycles. The van der Waals surface area contributed by atoms with Crippen molar-refractivity contribution in [1.82, 2.24) is 9.78 Å². The van der Waals surface area contributed by atoms with Crippen LogP contribution in [0.15, 0.2) is 36.7 Å². The number of nitrogens with one attached hydrogen (secondary N) is 1. The molecule has 0 unspecified atom stereocenters. The molecule has 7 nitrogen and oxygen atoms in total. The summed E-state index contributed by atoms with van der Waals surface area (Å²) in [6.45, 7) is 1.42. The first-order chi connectivity index (χ1) is 10.7. The minimum absolute atomic E-state index is 0.0293. The first-order valence-corrected chi connectivity index (χ1v) is 6.35. The summed E-state index contributed by atoms with van der Waals surface area (Å²) in [7, 11) is 0. The van der Waals surface area contributed by atoms with Gasteiger partial charge in [-0.05, 0) is 25.1 Å². The van der Waals surface area contributed by atoms with Gasteiger partial charge in [-0.25, -0.2) is 0 Å². The van der Waals surface area contributed by atoms with Crippen molar-refractivity contribution in [1.29, 1.82) is 0 Å². The number of alkyl halides is 3. The third-order valence-corrected chi connectivity index (χ3v) is 3.03. The molecule has 10 heteroatoms. The molecule has 1 N–H and O–H groups in total. The standard InChI is InChI=1S/C13H11F3N4O3/c1-8(19-7-11(6-17-19)20(22)23)12(21)18-10-4-2-3-9(5-10)13(14,15)16/h2-8H,1H3,(H,18,21)/t8-/m1/s1. The number of carbonyl (C=O) groups is 1. The molecule has 0 fully saturated rings. The van der Waals surface area contributed by atoms with Crippen LogP contribution < -0.4 is 5.32 Å². The highest BCUT2D eigenvalue weighted by Gasteiger charge is 2.30. The van der Waals surface area contributed by atoms with Gasteiger partial charge in [0, 0.05) is 5.69 Å². The molecule has 0 radical (unpaired) electrons. The number of amides is 1. The van der Waals surface area contributed by atoms with E-state index in [-0.39, 0.29) is 11.4 Å². The monoisotopic (exact) mass is 328 g/mol. The fourth-order valence-electron chi connectivity index (χ4n) is 1.77. The second-order valence-corrected chi connectivity index (χ2v) is 4.68. The van der Waals surface area contributed by atoms with Crippen LogP contribution in [0.25, 0.3) is 0 Å². The summed E-state index contributed by atoms with van der Waals surface area (Å²) in [5, 5.41) is 16.6. The molecular formula is C13H11F3N4O3. The van der Waals surface area contributed by atoms with Gasteiger partial charge in [0.05, 0.1) is 10.5 Å². The number of nitrogens with zero attached hydrogens (tertiary/aromatic N) is 3. The molecule has 0 saturated heterocycles. The lowest BCUT2D eigenvalue weighted by molar-refractivity contribution is -0.385. The Kier molecular flexibility index (Phi) is 4.34. The quantitative estimate of drug-likeness (QED) is 0.690. The molecule has 0 aliphatic rings. The minimum atomic E-state index is -4.52. The van der Waals surface area contributed by atoms with Gasteiger partial charge in [0.2, 0.25) is 5.91 Å². The highest BCUT2D eigenvalue weighted by atomic mass is 19.4. The van der Waals surface area contributed by atoms with Crippen molar-refractivity contribution in [2.45, 2.75) is 19.1 Å². The average Bonchev–Trinajstić information content (AvgIpc) is 2.95. The van der Waals surface area contributed by atoms with Gasteiger partial charge in [-0.2, -0.15) is 18.3 Å². The van der Waals surface area contributed by atoms with E-state index in [1.807, 2.05) is 0 Å². The normalized spacial score (nSPS) is 12.7. The molecule has 0 bridgehead atoms. The Hall–Kier alpha value is -2.91. The summed E-state index contributed by atoms with van der Waals surface area (Å²) in [6.07, 6.45) is -2.47. The molecule has 1 heterocycles. The lowest BCUT2D eigenvalue weighted by Gasteiger charge is -2.13. The van der Waals surface area contributed by atoms with Crippen molar-refractivity contribution < 1.29 is 22.9 Å². The van der Waals surface area contributed by atoms with Crippen molar-refractivity contribution in [3.05, 3.63) is 52.3 Å². The van der Waals surface area contributed by atoms with Crippen molar-refractivity contribution >= 4 is 17.3 Å². The summed E-state index contributed by atoms with van der Waals surface area (Å²) < 4.78 is 38.9. The maximum Gasteiger partial charge on any atom is 0.416 e. The van der Waals surface area contributed by atoms with Gasteiger partial charge in [-0.3, -0.25) is 19.6 Å². The van der Waals surface area contributed by atoms with E-state index in [4.69, 9.17) is 0 Å². The summed E-state index contributed by atoms with van der Waals surface area (Å²) in [6, 6.07) is 3.23. The summed E-state index contributed by atoms with van der Waals surface area (Å²) in [5.74, 6) is -0.651. The van der Waals surface area contributed by atoms with Crippen LogP contribution in [0, 0.1) is 10.1 Å². The highest BCUT2D eigenvalue weighted by Crippen LogP contribution is 2.30. The lowest BCUT2D eigenvalue weighted by Crippen LogP contribution is -2.24. The summed E-state index contributed by atoms with van der Waals surface area (Å²) in [5.41, 5.74) is -1.21. The van der Waals surface area contributed by atoms with Crippen LogP contribution in [0.4, 0.5) is 24.5 Å². The Morgan fingerprint density at radius 3 is 2.70 bits per heavy atom. The Morgan fingerprint density at radius 2 is 2.13 bits per heavy atom. The van der Waals surface area contributed by atoms with Gasteiger partial charge in [0.25, 0.3) is 0 Å². The first-order valence-electron chi connectivity index (χ1n) is 6.35. The minimum Gasteiger partial charge on any atom is -0.324 e. The van der Waals surface area contributed by atoms with Gasteiger partial charge >= 0.3 is 11.9 Å². The zero-order valence-electron chi connectivity index (χ0n) is 11.7. The van der Waals surface area contributed by atoms with E-state index >= 15 is 0 Å². The summed E-state index contributed by atoms with van der Waals surface area (Å²) >= 11 is 0. The number of benzene rings is 1. The number of carbonyl (C=O) groups excluding carboxylic acids is 1. The molecule has 0 spiro atoms. The van der Waals surface area contributed by atoms with Crippen LogP contribution in [0.3, 0.4) is 0 Å². The smallest absolute Gasteiger partial charge is 0.324 e. The molecule has 0 aliphatic carbocycles. The number of rotatable bonds is 4. The van der Waals surface area contributed by atoms with E-state index in [0.717, 1.165) is 29.2 Å². The first kappa shape index (κ1) is 16.5. The zero-order chi connectivity index (χ0) is 17.2. The molecule has 1 amide bonds. The number of aromatic nitrogens is 2. The van der Waals surface area contributed by atoms with Gasteiger partial charge in [-0.15, -0.1) is 0 Å². The Balaban J connectivity index is 2.13. The predicted molar refractivity (Wildman–Crippen MR) is 73.7 cm³/mol. The topological polar surface area (TPSA) is 90.1 Å². The number of halogens is 3. The lowest BCUT2D eigenvalue weighted by atomic mass is 10.2. The van der Waals surface area contributed by atoms with Crippen molar-refractivity contribution in [3.8, 4) is 0 Å². The van der Waals surface area contributed by atoms with Gasteiger partial charge in [-0.1, -0.05) is 6.07 Å². The van der Waals surface area contributed by atoms with Crippen molar-refractivity contribution in [2.24, 2.45) is 0 Å². The van der Waals surface area contributed by atoms with Crippen LogP contribution in [-0.2, 0) is 11.0 Å². The van der Waals surface area contributed by atoms with Crippen LogP contribution in [0.5, 0.6) is 0 Å². The molecule has 23 heavy (non-hydrogen) atoms. The largest absolute Gasteiger partial charge is 0.416 e. The second-order valence-electron chi connectivity index (χ2n) is 4.68. The third kappa shape index (κ3) is 3.84. The van der Waals surface area contributed by atoms with Crippen LogP contribution in [-0.4, -0.2) is 20.6 Å². The van der Waals surface area contributed by atoms with Gasteiger partial charge < -0.3 is 5.32 Å². The Bertz CT molecular complexity index is 742. The van der Waals surface area contributed by atoms with Crippen LogP contribution in [0.1, 0.15) is 18.5 Å². The molecule has 122 valence electrons. The van der Waals surface area contributed by atoms with Crippen LogP contribution in [0.2, 0.25) is 0 Å². The molecule has 0 aliphatic heterocycles. The fraction of sp³-hybridized carbons (Fsp3) is 0.231. The molecule has 0 saturated carbocycles. The SMILES string of the molecule is C[C@H](C(=O)Nc1cccc(C(F)(F)F)c1)n1cc([N+](=O)[O-])cn1. The van der Waals surface area contributed by atoms with E-state index in [0.29, 0.717) is 0 Å². The summed E-state index contributed by atoms with van der Waals surface area (Å²) in [4.78, 5) is 21.9. The van der Waals surface area contributed by atoms with E-state index in [2.05, 4.69) is 10.4 Å². The second kappa shape index (κ2) is 6.07. The Labute approximate surface area is 127 Å².